The van der Waals surface area contributed by atoms with Crippen LogP contribution in [0.4, 0.5) is 0 Å². The molecule has 0 aromatic heterocycles. The van der Waals surface area contributed by atoms with Crippen LogP contribution in [0.15, 0.2) is 58.7 Å². The van der Waals surface area contributed by atoms with Gasteiger partial charge in [0.1, 0.15) is 27.7 Å². The predicted molar refractivity (Wildman–Crippen MR) is 158 cm³/mol. The Labute approximate surface area is 245 Å². The van der Waals surface area contributed by atoms with Gasteiger partial charge in [-0.15, -0.1) is 0 Å². The monoisotopic (exact) mass is 613 g/mol. The van der Waals surface area contributed by atoms with Crippen molar-refractivity contribution in [2.75, 3.05) is 0 Å². The van der Waals surface area contributed by atoms with Gasteiger partial charge >= 0.3 is 11.9 Å². The number of carbonyl (C=O) groups excluding carboxylic acids is 2. The maximum Gasteiger partial charge on any atom is 0.349 e. The first-order valence-electron chi connectivity index (χ1n) is 14.2. The SMILES string of the molecule is CC(C)C[C@H](NC1=C(Br)C(=O)O[C@@H]1OC1CC(C)CCC1C(C)C)C(=O)Oc1ccc(-c2ccc(O)cc2)cc1. The number of phenolic OH excluding ortho intramolecular Hbond substituents is 1. The van der Waals surface area contributed by atoms with E-state index in [0.717, 1.165) is 30.4 Å². The molecule has 2 N–H and O–H groups in total. The van der Waals surface area contributed by atoms with E-state index in [0.29, 0.717) is 35.6 Å². The van der Waals surface area contributed by atoms with E-state index in [4.69, 9.17) is 14.2 Å². The quantitative estimate of drug-likeness (QED) is 0.221. The van der Waals surface area contributed by atoms with Crippen molar-refractivity contribution < 1.29 is 28.9 Å². The molecule has 8 heteroatoms. The number of halogens is 1. The number of carbonyl (C=O) groups is 2. The lowest BCUT2D eigenvalue weighted by molar-refractivity contribution is -0.182. The lowest BCUT2D eigenvalue weighted by Crippen LogP contribution is -2.44. The van der Waals surface area contributed by atoms with Gasteiger partial charge in [-0.3, -0.25) is 0 Å². The Morgan fingerprint density at radius 2 is 1.68 bits per heavy atom. The zero-order valence-corrected chi connectivity index (χ0v) is 25.4. The molecule has 0 radical (unpaired) electrons. The highest BCUT2D eigenvalue weighted by Crippen LogP contribution is 2.38. The van der Waals surface area contributed by atoms with Gasteiger partial charge in [0, 0.05) is 0 Å². The Hall–Kier alpha value is -2.84. The Balaban J connectivity index is 1.48. The van der Waals surface area contributed by atoms with Crippen LogP contribution in [0, 0.1) is 23.7 Å². The van der Waals surface area contributed by atoms with Crippen LogP contribution in [0.1, 0.15) is 60.3 Å². The topological polar surface area (TPSA) is 94.1 Å². The zero-order valence-electron chi connectivity index (χ0n) is 23.9. The van der Waals surface area contributed by atoms with Gasteiger partial charge in [-0.2, -0.15) is 0 Å². The van der Waals surface area contributed by atoms with Crippen LogP contribution >= 0.6 is 15.9 Å². The van der Waals surface area contributed by atoms with Crippen LogP contribution in [0.2, 0.25) is 0 Å². The van der Waals surface area contributed by atoms with Gasteiger partial charge in [0.15, 0.2) is 0 Å². The van der Waals surface area contributed by atoms with Crippen molar-refractivity contribution in [3.63, 3.8) is 0 Å². The number of hydrogen-bond acceptors (Lipinski definition) is 7. The van der Waals surface area contributed by atoms with E-state index in [1.54, 1.807) is 24.3 Å². The second-order valence-corrected chi connectivity index (χ2v) is 12.6. The van der Waals surface area contributed by atoms with E-state index in [1.165, 1.54) is 0 Å². The summed E-state index contributed by atoms with van der Waals surface area (Å²) in [5.74, 6) is 1.18. The standard InChI is InChI=1S/C32H40BrNO6/c1-18(2)16-26(30(36)38-24-13-9-22(10-14-24)21-7-11-23(35)12-8-21)34-29-28(33)31(37)40-32(29)39-27-17-20(5)6-15-25(27)19(3)4/h7-14,18-20,25-27,32,34-35H,6,15-17H2,1-5H3/t20?,25?,26-,27?,32-/m0/s1. The molecule has 4 rings (SSSR count). The number of hydrogen-bond donors (Lipinski definition) is 2. The van der Waals surface area contributed by atoms with E-state index >= 15 is 0 Å². The number of phenols is 1. The van der Waals surface area contributed by atoms with Crippen molar-refractivity contribution in [1.29, 1.82) is 0 Å². The molecule has 0 amide bonds. The number of rotatable bonds is 10. The molecule has 3 unspecified atom stereocenters. The maximum absolute atomic E-state index is 13.4. The zero-order chi connectivity index (χ0) is 29.0. The van der Waals surface area contributed by atoms with E-state index < -0.39 is 24.3 Å². The minimum Gasteiger partial charge on any atom is -0.508 e. The van der Waals surface area contributed by atoms with Crippen LogP contribution < -0.4 is 10.1 Å². The van der Waals surface area contributed by atoms with E-state index in [1.807, 2.05) is 38.1 Å². The summed E-state index contributed by atoms with van der Waals surface area (Å²) in [7, 11) is 0. The molecular formula is C32H40BrNO6. The lowest BCUT2D eigenvalue weighted by atomic mass is 9.75. The first-order valence-corrected chi connectivity index (χ1v) is 14.9. The molecule has 1 aliphatic heterocycles. The summed E-state index contributed by atoms with van der Waals surface area (Å²) in [6.45, 7) is 10.7. The maximum atomic E-state index is 13.4. The van der Waals surface area contributed by atoms with Gasteiger partial charge in [0.05, 0.1) is 6.10 Å². The molecule has 1 saturated carbocycles. The number of ether oxygens (including phenoxy) is 3. The van der Waals surface area contributed by atoms with Gasteiger partial charge in [-0.25, -0.2) is 9.59 Å². The minimum atomic E-state index is -0.912. The van der Waals surface area contributed by atoms with Crippen molar-refractivity contribution in [1.82, 2.24) is 5.32 Å². The molecule has 1 aliphatic carbocycles. The summed E-state index contributed by atoms with van der Waals surface area (Å²) in [6, 6.07) is 13.4. The molecule has 7 nitrogen and oxygen atoms in total. The third kappa shape index (κ3) is 7.46. The van der Waals surface area contributed by atoms with Crippen LogP contribution in [-0.4, -0.2) is 35.5 Å². The van der Waals surface area contributed by atoms with Crippen LogP contribution in [0.3, 0.4) is 0 Å². The number of aromatic hydroxyl groups is 1. The molecule has 0 bridgehead atoms. The van der Waals surface area contributed by atoms with Crippen molar-refractivity contribution in [3.05, 3.63) is 58.7 Å². The molecule has 2 aromatic carbocycles. The molecule has 1 heterocycles. The number of esters is 2. The molecule has 2 aromatic rings. The van der Waals surface area contributed by atoms with E-state index in [9.17, 15) is 14.7 Å². The minimum absolute atomic E-state index is 0.0423. The van der Waals surface area contributed by atoms with Crippen molar-refractivity contribution in [2.45, 2.75) is 78.7 Å². The van der Waals surface area contributed by atoms with Gasteiger partial charge in [-0.1, -0.05) is 65.3 Å². The number of benzene rings is 2. The summed E-state index contributed by atoms with van der Waals surface area (Å²) in [4.78, 5) is 26.0. The Morgan fingerprint density at radius 1 is 1.05 bits per heavy atom. The van der Waals surface area contributed by atoms with Crippen molar-refractivity contribution in [3.8, 4) is 22.6 Å². The number of cyclic esters (lactones) is 1. The van der Waals surface area contributed by atoms with Crippen LogP contribution in [0.25, 0.3) is 11.1 Å². The van der Waals surface area contributed by atoms with Gasteiger partial charge in [0.2, 0.25) is 6.29 Å². The molecule has 40 heavy (non-hydrogen) atoms. The summed E-state index contributed by atoms with van der Waals surface area (Å²) in [6.07, 6.45) is 2.68. The Bertz CT molecular complexity index is 1210. The van der Waals surface area contributed by atoms with Crippen LogP contribution in [-0.2, 0) is 19.1 Å². The first-order chi connectivity index (χ1) is 19.0. The van der Waals surface area contributed by atoms with Gasteiger partial charge in [0.25, 0.3) is 0 Å². The Kier molecular flexibility index (Phi) is 9.95. The largest absolute Gasteiger partial charge is 0.508 e. The molecular weight excluding hydrogens is 574 g/mol. The summed E-state index contributed by atoms with van der Waals surface area (Å²) >= 11 is 3.37. The summed E-state index contributed by atoms with van der Waals surface area (Å²) in [5, 5.41) is 12.8. The molecule has 216 valence electrons. The summed E-state index contributed by atoms with van der Waals surface area (Å²) < 4.78 is 18.1. The molecule has 0 saturated heterocycles. The molecule has 1 fully saturated rings. The van der Waals surface area contributed by atoms with E-state index in [2.05, 4.69) is 42.0 Å². The second kappa shape index (κ2) is 13.2. The average molecular weight is 615 g/mol. The van der Waals surface area contributed by atoms with Crippen molar-refractivity contribution in [2.24, 2.45) is 23.7 Å². The smallest absolute Gasteiger partial charge is 0.349 e. The predicted octanol–water partition coefficient (Wildman–Crippen LogP) is 6.94. The molecule has 2 aliphatic rings. The fourth-order valence-electron chi connectivity index (χ4n) is 5.51. The molecule has 5 atom stereocenters. The third-order valence-corrected chi connectivity index (χ3v) is 8.47. The molecule has 0 spiro atoms. The van der Waals surface area contributed by atoms with Gasteiger partial charge < -0.3 is 24.6 Å². The fraction of sp³-hybridized carbons (Fsp3) is 0.500. The van der Waals surface area contributed by atoms with Gasteiger partial charge in [-0.05, 0) is 94.3 Å². The normalized spacial score (nSPS) is 23.9. The highest BCUT2D eigenvalue weighted by molar-refractivity contribution is 9.12. The average Bonchev–Trinajstić information content (AvgIpc) is 3.16. The number of nitrogens with one attached hydrogen (secondary N) is 1. The van der Waals surface area contributed by atoms with E-state index in [-0.39, 0.29) is 22.3 Å². The highest BCUT2D eigenvalue weighted by atomic mass is 79.9. The highest BCUT2D eigenvalue weighted by Gasteiger charge is 2.41. The second-order valence-electron chi connectivity index (χ2n) is 11.8. The van der Waals surface area contributed by atoms with Crippen LogP contribution in [0.5, 0.6) is 11.5 Å². The summed E-state index contributed by atoms with van der Waals surface area (Å²) in [5.41, 5.74) is 2.30. The Morgan fingerprint density at radius 3 is 2.27 bits per heavy atom. The fourth-order valence-corrected chi connectivity index (χ4v) is 5.90. The first kappa shape index (κ1) is 30.1. The third-order valence-electron chi connectivity index (χ3n) is 7.72. The lowest BCUT2D eigenvalue weighted by Gasteiger charge is -2.38. The van der Waals surface area contributed by atoms with Crippen molar-refractivity contribution >= 4 is 27.9 Å².